The van der Waals surface area contributed by atoms with Gasteiger partial charge < -0.3 is 33.8 Å². The van der Waals surface area contributed by atoms with Gasteiger partial charge in [0, 0.05) is 25.7 Å². The van der Waals surface area contributed by atoms with E-state index in [1.165, 1.54) is 257 Å². The third-order valence-corrected chi connectivity index (χ3v) is 22.0. The third kappa shape index (κ3) is 76.6. The maximum atomic E-state index is 13.1. The van der Waals surface area contributed by atoms with Crippen LogP contribution in [-0.4, -0.2) is 96.7 Å². The molecule has 0 aliphatic rings. The minimum Gasteiger partial charge on any atom is -0.462 e. The number of carbonyl (C=O) groups excluding carboxylic acids is 4. The second-order valence-electron chi connectivity index (χ2n) is 30.9. The minimum absolute atomic E-state index is 0.107. The predicted octanol–water partition coefficient (Wildman–Crippen LogP) is 25.5. The first-order valence-electron chi connectivity index (χ1n) is 43.5. The Hall–Kier alpha value is -1.94. The summed E-state index contributed by atoms with van der Waals surface area (Å²) in [6.07, 6.45) is 66.7. The van der Waals surface area contributed by atoms with Crippen molar-refractivity contribution in [2.24, 2.45) is 11.8 Å². The summed E-state index contributed by atoms with van der Waals surface area (Å²) in [4.78, 5) is 73.1. The zero-order valence-electron chi connectivity index (χ0n) is 67.6. The minimum atomic E-state index is -4.96. The molecule has 0 aromatic carbocycles. The van der Waals surface area contributed by atoms with Crippen molar-refractivity contribution in [1.82, 2.24) is 0 Å². The van der Waals surface area contributed by atoms with Crippen LogP contribution >= 0.6 is 15.6 Å². The van der Waals surface area contributed by atoms with Crippen LogP contribution in [0, 0.1) is 11.8 Å². The monoisotopic (exact) mass is 1510 g/mol. The van der Waals surface area contributed by atoms with Crippen LogP contribution in [-0.2, 0) is 65.4 Å². The summed E-state index contributed by atoms with van der Waals surface area (Å²) in [7, 11) is -9.93. The highest BCUT2D eigenvalue weighted by Gasteiger charge is 2.30. The molecule has 0 aromatic rings. The van der Waals surface area contributed by atoms with E-state index in [4.69, 9.17) is 37.0 Å². The molecule has 0 radical (unpaired) electrons. The third-order valence-electron chi connectivity index (χ3n) is 20.1. The Labute approximate surface area is 632 Å². The van der Waals surface area contributed by atoms with E-state index in [-0.39, 0.29) is 25.7 Å². The van der Waals surface area contributed by atoms with Gasteiger partial charge in [-0.05, 0) is 37.5 Å². The van der Waals surface area contributed by atoms with Gasteiger partial charge in [-0.3, -0.25) is 37.3 Å². The Bertz CT molecular complexity index is 1980. The largest absolute Gasteiger partial charge is 0.472 e. The molecule has 103 heavy (non-hydrogen) atoms. The molecule has 0 heterocycles. The molecule has 0 saturated carbocycles. The molecular weight excluding hydrogens is 1340 g/mol. The number of ether oxygens (including phenoxy) is 4. The topological polar surface area (TPSA) is 237 Å². The van der Waals surface area contributed by atoms with Crippen LogP contribution in [0.2, 0.25) is 0 Å². The molecule has 6 atom stereocenters. The first kappa shape index (κ1) is 101. The Kier molecular flexibility index (Phi) is 74.1. The highest BCUT2D eigenvalue weighted by atomic mass is 31.2. The summed E-state index contributed by atoms with van der Waals surface area (Å²) in [6, 6.07) is 0. The van der Waals surface area contributed by atoms with E-state index in [1.807, 2.05) is 0 Å². The summed E-state index contributed by atoms with van der Waals surface area (Å²) in [5.74, 6) is -0.588. The number of unbranched alkanes of at least 4 members (excludes halogenated alkanes) is 52. The summed E-state index contributed by atoms with van der Waals surface area (Å²) in [5, 5.41) is 10.7. The van der Waals surface area contributed by atoms with Crippen molar-refractivity contribution in [3.05, 3.63) is 0 Å². The van der Waals surface area contributed by atoms with Gasteiger partial charge in [-0.15, -0.1) is 0 Å². The number of hydrogen-bond acceptors (Lipinski definition) is 15. The molecule has 3 N–H and O–H groups in total. The number of rotatable bonds is 83. The van der Waals surface area contributed by atoms with Crippen molar-refractivity contribution in [3.63, 3.8) is 0 Å². The Morgan fingerprint density at radius 3 is 0.738 bits per heavy atom. The number of aliphatic hydroxyl groups is 1. The van der Waals surface area contributed by atoms with Gasteiger partial charge in [0.25, 0.3) is 0 Å². The van der Waals surface area contributed by atoms with E-state index >= 15 is 0 Å². The van der Waals surface area contributed by atoms with Crippen molar-refractivity contribution in [3.8, 4) is 0 Å². The molecule has 0 saturated heterocycles. The van der Waals surface area contributed by atoms with Crippen LogP contribution in [0.4, 0.5) is 0 Å². The van der Waals surface area contributed by atoms with E-state index in [2.05, 4.69) is 41.5 Å². The van der Waals surface area contributed by atoms with E-state index in [9.17, 15) is 43.2 Å². The average molecular weight is 1510 g/mol. The maximum absolute atomic E-state index is 13.1. The molecule has 3 unspecified atom stereocenters. The van der Waals surface area contributed by atoms with E-state index in [0.29, 0.717) is 25.7 Å². The first-order chi connectivity index (χ1) is 49.9. The van der Waals surface area contributed by atoms with Gasteiger partial charge in [0.05, 0.1) is 26.4 Å². The summed E-state index contributed by atoms with van der Waals surface area (Å²) in [6.45, 7) is 9.63. The van der Waals surface area contributed by atoms with Crippen LogP contribution < -0.4 is 0 Å². The van der Waals surface area contributed by atoms with E-state index in [0.717, 1.165) is 108 Å². The standard InChI is InChI=1S/C84H164O17P2/c1-7-10-12-14-16-18-20-22-24-26-27-28-30-32-36-40-44-48-56-62-68-83(88)100-79(72-94-81(86)66-60-54-47-43-39-35-31-29-25-23-21-19-17-15-13-11-8-2)74-98-102(90,91)96-70-78(85)71-97-103(92,93)99-75-80(73-95-82(87)67-61-55-51-50-53-59-65-77(6)9-3)101-84(89)69-63-57-49-45-41-37-33-34-38-42-46-52-58-64-76(4)5/h76-80,85H,7-75H2,1-6H3,(H,90,91)(H,92,93)/t77?,78-,79-,80-/m1/s1. The Morgan fingerprint density at radius 2 is 0.495 bits per heavy atom. The van der Waals surface area contributed by atoms with E-state index in [1.54, 1.807) is 0 Å². The number of aliphatic hydroxyl groups excluding tert-OH is 1. The molecule has 612 valence electrons. The average Bonchev–Trinajstić information content (AvgIpc) is 0.928. The molecule has 17 nitrogen and oxygen atoms in total. The number of carbonyl (C=O) groups is 4. The number of phosphoric ester groups is 2. The van der Waals surface area contributed by atoms with Crippen molar-refractivity contribution in [1.29, 1.82) is 0 Å². The second kappa shape index (κ2) is 75.5. The fourth-order valence-corrected chi connectivity index (χ4v) is 14.6. The molecule has 0 amide bonds. The van der Waals surface area contributed by atoms with Gasteiger partial charge in [0.2, 0.25) is 0 Å². The zero-order valence-corrected chi connectivity index (χ0v) is 69.4. The molecule has 19 heteroatoms. The molecule has 0 rings (SSSR count). The maximum Gasteiger partial charge on any atom is 0.472 e. The smallest absolute Gasteiger partial charge is 0.462 e. The van der Waals surface area contributed by atoms with Gasteiger partial charge >= 0.3 is 39.5 Å². The number of hydrogen-bond donors (Lipinski definition) is 3. The Morgan fingerprint density at radius 1 is 0.282 bits per heavy atom. The number of esters is 4. The molecule has 0 spiro atoms. The van der Waals surface area contributed by atoms with Crippen LogP contribution in [0.15, 0.2) is 0 Å². The van der Waals surface area contributed by atoms with Crippen LogP contribution in [0.5, 0.6) is 0 Å². The van der Waals surface area contributed by atoms with Crippen molar-refractivity contribution in [2.75, 3.05) is 39.6 Å². The first-order valence-corrected chi connectivity index (χ1v) is 46.5. The molecular formula is C84H164O17P2. The van der Waals surface area contributed by atoms with Gasteiger partial charge in [-0.25, -0.2) is 9.13 Å². The molecule has 0 fully saturated rings. The van der Waals surface area contributed by atoms with E-state index < -0.39 is 97.5 Å². The summed E-state index contributed by atoms with van der Waals surface area (Å²) >= 11 is 0. The van der Waals surface area contributed by atoms with Crippen LogP contribution in [0.25, 0.3) is 0 Å². The molecule has 0 aliphatic heterocycles. The van der Waals surface area contributed by atoms with Crippen molar-refractivity contribution >= 4 is 39.5 Å². The van der Waals surface area contributed by atoms with Crippen LogP contribution in [0.3, 0.4) is 0 Å². The van der Waals surface area contributed by atoms with Gasteiger partial charge in [0.15, 0.2) is 12.2 Å². The lowest BCUT2D eigenvalue weighted by Gasteiger charge is -2.21. The second-order valence-corrected chi connectivity index (χ2v) is 33.8. The van der Waals surface area contributed by atoms with Crippen molar-refractivity contribution in [2.45, 2.75) is 464 Å². The fraction of sp³-hybridized carbons (Fsp3) is 0.952. The molecule has 0 aromatic heterocycles. The molecule has 0 aliphatic carbocycles. The highest BCUT2D eigenvalue weighted by Crippen LogP contribution is 2.45. The quantitative estimate of drug-likeness (QED) is 0.0222. The van der Waals surface area contributed by atoms with Crippen molar-refractivity contribution < 1.29 is 80.2 Å². The SMILES string of the molecule is CCCCCCCCCCCCCCCCCCCCCCC(=O)O[C@H](COC(=O)CCCCCCCCCCCCCCCCCCC)COP(=O)(O)OC[C@@H](O)COP(=O)(O)OC[C@@H](COC(=O)CCCCCCCCC(C)CC)OC(=O)CCCCCCCCCCCCCCCC(C)C. The number of phosphoric acid groups is 2. The van der Waals surface area contributed by atoms with Gasteiger partial charge in [0.1, 0.15) is 19.3 Å². The summed E-state index contributed by atoms with van der Waals surface area (Å²) in [5.41, 5.74) is 0. The highest BCUT2D eigenvalue weighted by molar-refractivity contribution is 7.47. The lowest BCUT2D eigenvalue weighted by atomic mass is 10.00. The lowest BCUT2D eigenvalue weighted by Crippen LogP contribution is -2.30. The fourth-order valence-electron chi connectivity index (χ4n) is 13.0. The Balaban J connectivity index is 5.24. The van der Waals surface area contributed by atoms with Gasteiger partial charge in [-0.1, -0.05) is 395 Å². The van der Waals surface area contributed by atoms with Gasteiger partial charge in [-0.2, -0.15) is 0 Å². The molecule has 0 bridgehead atoms. The normalized spacial score (nSPS) is 14.1. The summed E-state index contributed by atoms with van der Waals surface area (Å²) < 4.78 is 68.8. The predicted molar refractivity (Wildman–Crippen MR) is 423 cm³/mol. The lowest BCUT2D eigenvalue weighted by molar-refractivity contribution is -0.161. The zero-order chi connectivity index (χ0) is 75.6. The van der Waals surface area contributed by atoms with Crippen LogP contribution in [0.1, 0.15) is 446 Å².